The molecule has 0 aromatic heterocycles. The minimum atomic E-state index is -0.853. The Hall–Kier alpha value is -2.77. The first-order chi connectivity index (χ1) is 14.3. The fourth-order valence-corrected chi connectivity index (χ4v) is 2.93. The average Bonchev–Trinajstić information content (AvgIpc) is 2.70. The quantitative estimate of drug-likeness (QED) is 0.564. The maximum Gasteiger partial charge on any atom is 0.308 e. The van der Waals surface area contributed by atoms with Crippen LogP contribution >= 0.6 is 0 Å². The van der Waals surface area contributed by atoms with Crippen LogP contribution in [0.25, 0.3) is 0 Å². The normalized spacial score (nSPS) is 16.4. The Kier molecular flexibility index (Phi) is 8.95. The maximum atomic E-state index is 12.8. The van der Waals surface area contributed by atoms with Gasteiger partial charge in [0.2, 0.25) is 11.8 Å². The van der Waals surface area contributed by atoms with E-state index in [0.29, 0.717) is 25.6 Å². The lowest BCUT2D eigenvalue weighted by Crippen LogP contribution is -2.58. The van der Waals surface area contributed by atoms with E-state index in [-0.39, 0.29) is 37.3 Å². The van der Waals surface area contributed by atoms with Gasteiger partial charge in [-0.15, -0.1) is 0 Å². The van der Waals surface area contributed by atoms with Crippen molar-refractivity contribution < 1.29 is 23.9 Å². The van der Waals surface area contributed by atoms with Crippen molar-refractivity contribution in [2.75, 3.05) is 38.2 Å². The summed E-state index contributed by atoms with van der Waals surface area (Å²) < 4.78 is 10.9. The predicted octanol–water partition coefficient (Wildman–Crippen LogP) is 2.05. The van der Waals surface area contributed by atoms with E-state index in [0.717, 1.165) is 11.4 Å². The minimum absolute atomic E-state index is 0.0124. The number of nitrogens with zero attached hydrogens (tertiary/aromatic N) is 1. The predicted molar refractivity (Wildman–Crippen MR) is 114 cm³/mol. The highest BCUT2D eigenvalue weighted by Crippen LogP contribution is 2.18. The molecule has 0 spiro atoms. The lowest BCUT2D eigenvalue weighted by molar-refractivity contribution is -0.152. The average molecular weight is 420 g/mol. The summed E-state index contributed by atoms with van der Waals surface area (Å²) in [4.78, 5) is 38.6. The van der Waals surface area contributed by atoms with Gasteiger partial charge in [0.15, 0.2) is 0 Å². The largest absolute Gasteiger partial charge is 0.493 e. The van der Waals surface area contributed by atoms with Gasteiger partial charge in [-0.2, -0.15) is 0 Å². The van der Waals surface area contributed by atoms with E-state index in [9.17, 15) is 14.4 Å². The summed E-state index contributed by atoms with van der Waals surface area (Å²) in [6, 6.07) is 6.54. The van der Waals surface area contributed by atoms with Gasteiger partial charge in [0.25, 0.3) is 0 Å². The number of nitrogens with one attached hydrogen (secondary N) is 2. The van der Waals surface area contributed by atoms with Gasteiger partial charge in [0.05, 0.1) is 26.2 Å². The summed E-state index contributed by atoms with van der Waals surface area (Å²) in [6.07, 6.45) is -0.150. The zero-order valence-corrected chi connectivity index (χ0v) is 18.3. The SMILES string of the molecule is CC(C)COC(=O)CC1C(=O)NCCN1C(=O)CNc1cccc(OCC(C)C)c1. The van der Waals surface area contributed by atoms with E-state index < -0.39 is 12.0 Å². The highest BCUT2D eigenvalue weighted by molar-refractivity contribution is 5.93. The molecule has 1 heterocycles. The van der Waals surface area contributed by atoms with Crippen LogP contribution in [-0.2, 0) is 19.1 Å². The minimum Gasteiger partial charge on any atom is -0.493 e. The van der Waals surface area contributed by atoms with E-state index in [2.05, 4.69) is 24.5 Å². The second-order valence-electron chi connectivity index (χ2n) is 8.26. The fraction of sp³-hybridized carbons (Fsp3) is 0.591. The number of benzene rings is 1. The maximum absolute atomic E-state index is 12.8. The molecule has 8 heteroatoms. The molecular formula is C22H33N3O5. The number of ether oxygens (including phenoxy) is 2. The monoisotopic (exact) mass is 419 g/mol. The van der Waals surface area contributed by atoms with Crippen molar-refractivity contribution in [3.05, 3.63) is 24.3 Å². The molecule has 1 unspecified atom stereocenters. The van der Waals surface area contributed by atoms with Crippen LogP contribution < -0.4 is 15.4 Å². The molecule has 0 bridgehead atoms. The van der Waals surface area contributed by atoms with Crippen molar-refractivity contribution in [2.45, 2.75) is 40.2 Å². The summed E-state index contributed by atoms with van der Waals surface area (Å²) in [6.45, 7) is 9.65. The van der Waals surface area contributed by atoms with Gasteiger partial charge in [0.1, 0.15) is 11.8 Å². The molecule has 2 rings (SSSR count). The highest BCUT2D eigenvalue weighted by atomic mass is 16.5. The van der Waals surface area contributed by atoms with E-state index in [1.54, 1.807) is 0 Å². The van der Waals surface area contributed by atoms with Crippen LogP contribution in [0.15, 0.2) is 24.3 Å². The Labute approximate surface area is 178 Å². The molecule has 1 aliphatic heterocycles. The molecule has 166 valence electrons. The molecule has 0 aliphatic carbocycles. The van der Waals surface area contributed by atoms with Crippen LogP contribution in [0.4, 0.5) is 5.69 Å². The molecule has 30 heavy (non-hydrogen) atoms. The van der Waals surface area contributed by atoms with Crippen molar-refractivity contribution in [2.24, 2.45) is 11.8 Å². The van der Waals surface area contributed by atoms with Gasteiger partial charge in [-0.1, -0.05) is 33.8 Å². The third-order valence-corrected chi connectivity index (χ3v) is 4.45. The molecule has 8 nitrogen and oxygen atoms in total. The Morgan fingerprint density at radius 2 is 1.93 bits per heavy atom. The third kappa shape index (κ3) is 7.57. The molecule has 1 aromatic carbocycles. The van der Waals surface area contributed by atoms with Crippen LogP contribution in [-0.4, -0.2) is 61.6 Å². The van der Waals surface area contributed by atoms with Crippen molar-refractivity contribution in [3.8, 4) is 5.75 Å². The number of rotatable bonds is 10. The lowest BCUT2D eigenvalue weighted by atomic mass is 10.1. The molecule has 1 aromatic rings. The van der Waals surface area contributed by atoms with E-state index >= 15 is 0 Å². The summed E-state index contributed by atoms with van der Waals surface area (Å²) in [5.74, 6) is 0.282. The summed E-state index contributed by atoms with van der Waals surface area (Å²) in [5, 5.41) is 5.79. The van der Waals surface area contributed by atoms with Crippen molar-refractivity contribution in [3.63, 3.8) is 0 Å². The molecule has 1 atom stereocenters. The van der Waals surface area contributed by atoms with E-state index in [4.69, 9.17) is 9.47 Å². The van der Waals surface area contributed by atoms with E-state index in [1.807, 2.05) is 38.1 Å². The van der Waals surface area contributed by atoms with Crippen LogP contribution in [0.1, 0.15) is 34.1 Å². The molecule has 2 N–H and O–H groups in total. The third-order valence-electron chi connectivity index (χ3n) is 4.45. The van der Waals surface area contributed by atoms with Crippen molar-refractivity contribution in [1.29, 1.82) is 0 Å². The number of carbonyl (C=O) groups is 3. The zero-order valence-electron chi connectivity index (χ0n) is 18.3. The van der Waals surface area contributed by atoms with Crippen molar-refractivity contribution >= 4 is 23.5 Å². The molecule has 2 amide bonds. The second-order valence-corrected chi connectivity index (χ2v) is 8.26. The van der Waals surface area contributed by atoms with Gasteiger partial charge in [-0.25, -0.2) is 0 Å². The van der Waals surface area contributed by atoms with Gasteiger partial charge < -0.3 is 25.0 Å². The standard InChI is InChI=1S/C22H33N3O5/c1-15(2)13-29-18-7-5-6-17(10-18)24-12-20(26)25-9-8-23-22(28)19(25)11-21(27)30-14-16(3)4/h5-7,10,15-16,19,24H,8-9,11-14H2,1-4H3,(H,23,28). The van der Waals surface area contributed by atoms with Gasteiger partial charge in [-0.3, -0.25) is 14.4 Å². The molecule has 1 fully saturated rings. The van der Waals surface area contributed by atoms with Crippen molar-refractivity contribution in [1.82, 2.24) is 10.2 Å². The Morgan fingerprint density at radius 1 is 1.20 bits per heavy atom. The first-order valence-electron chi connectivity index (χ1n) is 10.5. The molecule has 1 saturated heterocycles. The summed E-state index contributed by atoms with van der Waals surface area (Å²) >= 11 is 0. The molecule has 0 saturated carbocycles. The number of esters is 1. The van der Waals surface area contributed by atoms with Crippen LogP contribution in [0.5, 0.6) is 5.75 Å². The molecular weight excluding hydrogens is 386 g/mol. The summed E-state index contributed by atoms with van der Waals surface area (Å²) in [7, 11) is 0. The smallest absolute Gasteiger partial charge is 0.308 e. The molecule has 1 aliphatic rings. The topological polar surface area (TPSA) is 97.0 Å². The number of anilines is 1. The zero-order chi connectivity index (χ0) is 22.1. The Balaban J connectivity index is 1.94. The van der Waals surface area contributed by atoms with Gasteiger partial charge in [-0.05, 0) is 24.0 Å². The highest BCUT2D eigenvalue weighted by Gasteiger charge is 2.35. The lowest BCUT2D eigenvalue weighted by Gasteiger charge is -2.34. The number of piperazine rings is 1. The van der Waals surface area contributed by atoms with Gasteiger partial charge >= 0.3 is 5.97 Å². The Morgan fingerprint density at radius 3 is 2.63 bits per heavy atom. The second kappa shape index (κ2) is 11.4. The number of hydrogen-bond donors (Lipinski definition) is 2. The summed E-state index contributed by atoms with van der Waals surface area (Å²) in [5.41, 5.74) is 0.749. The first kappa shape index (κ1) is 23.5. The Bertz CT molecular complexity index is 735. The number of amides is 2. The fourth-order valence-electron chi connectivity index (χ4n) is 2.93. The van der Waals surface area contributed by atoms with Crippen LogP contribution in [0, 0.1) is 11.8 Å². The number of carbonyl (C=O) groups excluding carboxylic acids is 3. The first-order valence-corrected chi connectivity index (χ1v) is 10.5. The number of hydrogen-bond acceptors (Lipinski definition) is 6. The van der Waals surface area contributed by atoms with Crippen LogP contribution in [0.3, 0.4) is 0 Å². The van der Waals surface area contributed by atoms with Gasteiger partial charge in [0, 0.05) is 24.8 Å². The molecule has 0 radical (unpaired) electrons. The van der Waals surface area contributed by atoms with Crippen LogP contribution in [0.2, 0.25) is 0 Å². The van der Waals surface area contributed by atoms with E-state index in [1.165, 1.54) is 4.90 Å².